The van der Waals surface area contributed by atoms with Gasteiger partial charge in [0.25, 0.3) is 0 Å². The van der Waals surface area contributed by atoms with Gasteiger partial charge < -0.3 is 10.2 Å². The summed E-state index contributed by atoms with van der Waals surface area (Å²) in [4.78, 5) is 28.1. The Balaban J connectivity index is 2.16. The zero-order valence-electron chi connectivity index (χ0n) is 23.0. The third-order valence-electron chi connectivity index (χ3n) is 6.35. The van der Waals surface area contributed by atoms with Gasteiger partial charge in [0.2, 0.25) is 21.8 Å². The lowest BCUT2D eigenvalue weighted by Crippen LogP contribution is -2.50. The van der Waals surface area contributed by atoms with E-state index in [1.54, 1.807) is 4.90 Å². The molecule has 0 fully saturated rings. The molecule has 2 amide bonds. The molecule has 0 aromatic heterocycles. The molecule has 1 unspecified atom stereocenters. The molecular formula is C29H43N3O4S. The maximum atomic E-state index is 13.5. The highest BCUT2D eigenvalue weighted by Crippen LogP contribution is 2.22. The third kappa shape index (κ3) is 9.84. The molecule has 1 N–H and O–H groups in total. The quantitative estimate of drug-likeness (QED) is 0.341. The molecule has 7 nitrogen and oxygen atoms in total. The summed E-state index contributed by atoms with van der Waals surface area (Å²) in [6.07, 6.45) is 4.72. The van der Waals surface area contributed by atoms with Crippen molar-refractivity contribution < 1.29 is 18.0 Å². The molecule has 1 atom stereocenters. The number of unbranched alkanes of at least 4 members (excludes halogenated alkanes) is 1. The van der Waals surface area contributed by atoms with Crippen LogP contribution in [-0.2, 0) is 26.0 Å². The molecule has 204 valence electrons. The maximum absolute atomic E-state index is 13.5. The van der Waals surface area contributed by atoms with Crippen molar-refractivity contribution in [2.24, 2.45) is 0 Å². The lowest BCUT2D eigenvalue weighted by Gasteiger charge is -2.31. The van der Waals surface area contributed by atoms with Gasteiger partial charge in [-0.1, -0.05) is 56.7 Å². The van der Waals surface area contributed by atoms with Crippen LogP contribution < -0.4 is 9.62 Å². The van der Waals surface area contributed by atoms with Gasteiger partial charge in [-0.2, -0.15) is 0 Å². The van der Waals surface area contributed by atoms with Crippen LogP contribution in [0.2, 0.25) is 0 Å². The minimum Gasteiger partial charge on any atom is -0.354 e. The summed E-state index contributed by atoms with van der Waals surface area (Å²) < 4.78 is 26.5. The summed E-state index contributed by atoms with van der Waals surface area (Å²) in [5.41, 5.74) is 3.66. The van der Waals surface area contributed by atoms with Gasteiger partial charge in [0.05, 0.1) is 11.9 Å². The second kappa shape index (κ2) is 14.8. The van der Waals surface area contributed by atoms with Crippen molar-refractivity contribution in [1.82, 2.24) is 10.2 Å². The van der Waals surface area contributed by atoms with E-state index in [0.29, 0.717) is 38.0 Å². The van der Waals surface area contributed by atoms with Crippen LogP contribution in [0.15, 0.2) is 48.5 Å². The van der Waals surface area contributed by atoms with Crippen molar-refractivity contribution >= 4 is 27.5 Å². The van der Waals surface area contributed by atoms with E-state index in [2.05, 4.69) is 12.2 Å². The lowest BCUT2D eigenvalue weighted by atomic mass is 10.1. The predicted molar refractivity (Wildman–Crippen MR) is 151 cm³/mol. The van der Waals surface area contributed by atoms with Crippen molar-refractivity contribution in [3.63, 3.8) is 0 Å². The molecule has 0 bridgehead atoms. The molecule has 2 aromatic carbocycles. The topological polar surface area (TPSA) is 86.8 Å². The fraction of sp³-hybridized carbons (Fsp3) is 0.517. The number of nitrogens with one attached hydrogen (secondary N) is 1. The summed E-state index contributed by atoms with van der Waals surface area (Å²) in [6, 6.07) is 15.0. The monoisotopic (exact) mass is 529 g/mol. The van der Waals surface area contributed by atoms with Crippen LogP contribution in [0.4, 0.5) is 5.69 Å². The SMILES string of the molecule is CCCCNC(=O)C(CC)N(CCc1ccccc1)C(=O)CCCN(c1cc(C)cc(C)c1)S(C)(=O)=O. The summed E-state index contributed by atoms with van der Waals surface area (Å²) in [7, 11) is -3.52. The van der Waals surface area contributed by atoms with E-state index < -0.39 is 16.1 Å². The van der Waals surface area contributed by atoms with Crippen LogP contribution in [0.1, 0.15) is 62.6 Å². The molecule has 0 aliphatic carbocycles. The molecule has 0 radical (unpaired) electrons. The van der Waals surface area contributed by atoms with Crippen LogP contribution >= 0.6 is 0 Å². The number of hydrogen-bond donors (Lipinski definition) is 1. The first-order chi connectivity index (χ1) is 17.6. The molecule has 0 heterocycles. The molecule has 2 aromatic rings. The predicted octanol–water partition coefficient (Wildman–Crippen LogP) is 4.62. The molecule has 2 rings (SSSR count). The second-order valence-corrected chi connectivity index (χ2v) is 11.6. The van der Waals surface area contributed by atoms with E-state index in [4.69, 9.17) is 0 Å². The summed E-state index contributed by atoms with van der Waals surface area (Å²) in [6.45, 7) is 9.05. The van der Waals surface area contributed by atoms with E-state index in [0.717, 1.165) is 29.5 Å². The maximum Gasteiger partial charge on any atom is 0.242 e. The number of nitrogens with zero attached hydrogens (tertiary/aromatic N) is 2. The van der Waals surface area contributed by atoms with Crippen molar-refractivity contribution in [1.29, 1.82) is 0 Å². The fourth-order valence-corrected chi connectivity index (χ4v) is 5.45. The normalized spacial score (nSPS) is 12.1. The average Bonchev–Trinajstić information content (AvgIpc) is 2.83. The molecule has 0 saturated carbocycles. The fourth-order valence-electron chi connectivity index (χ4n) is 4.50. The molecule has 8 heteroatoms. The number of benzene rings is 2. The summed E-state index contributed by atoms with van der Waals surface area (Å²) in [5.74, 6) is -0.271. The number of carbonyl (C=O) groups excluding carboxylic acids is 2. The van der Waals surface area contributed by atoms with E-state index in [-0.39, 0.29) is 24.8 Å². The van der Waals surface area contributed by atoms with E-state index in [1.165, 1.54) is 10.6 Å². The average molecular weight is 530 g/mol. The zero-order chi connectivity index (χ0) is 27.4. The van der Waals surface area contributed by atoms with Gasteiger partial charge in [0, 0.05) is 26.1 Å². The first kappa shape index (κ1) is 30.4. The number of carbonyl (C=O) groups is 2. The Kier molecular flexibility index (Phi) is 12.1. The van der Waals surface area contributed by atoms with E-state index in [9.17, 15) is 18.0 Å². The molecule has 0 aliphatic rings. The van der Waals surface area contributed by atoms with Gasteiger partial charge in [0.15, 0.2) is 0 Å². The molecule has 0 aliphatic heterocycles. The van der Waals surface area contributed by atoms with Gasteiger partial charge in [0.1, 0.15) is 6.04 Å². The van der Waals surface area contributed by atoms with Crippen LogP contribution in [-0.4, -0.2) is 57.1 Å². The van der Waals surface area contributed by atoms with Crippen molar-refractivity contribution in [3.8, 4) is 0 Å². The molecule has 37 heavy (non-hydrogen) atoms. The lowest BCUT2D eigenvalue weighted by molar-refractivity contribution is -0.140. The Labute approximate surface area is 223 Å². The number of sulfonamides is 1. The highest BCUT2D eigenvalue weighted by Gasteiger charge is 2.28. The first-order valence-electron chi connectivity index (χ1n) is 13.2. The van der Waals surface area contributed by atoms with Gasteiger partial charge in [-0.15, -0.1) is 0 Å². The van der Waals surface area contributed by atoms with Crippen molar-refractivity contribution in [2.75, 3.05) is 30.2 Å². The van der Waals surface area contributed by atoms with Gasteiger partial charge in [-0.05, 0) is 68.4 Å². The Bertz CT molecular complexity index is 1100. The minimum absolute atomic E-state index is 0.134. The Hall–Kier alpha value is -2.87. The van der Waals surface area contributed by atoms with Gasteiger partial charge >= 0.3 is 0 Å². The summed E-state index contributed by atoms with van der Waals surface area (Å²) in [5, 5.41) is 2.97. The minimum atomic E-state index is -3.52. The van der Waals surface area contributed by atoms with Crippen molar-refractivity contribution in [3.05, 3.63) is 65.2 Å². The van der Waals surface area contributed by atoms with Gasteiger partial charge in [-0.3, -0.25) is 13.9 Å². The molecule has 0 spiro atoms. The number of aryl methyl sites for hydroxylation is 2. The zero-order valence-corrected chi connectivity index (χ0v) is 23.8. The Morgan fingerprint density at radius 3 is 2.16 bits per heavy atom. The largest absolute Gasteiger partial charge is 0.354 e. The van der Waals surface area contributed by atoms with E-state index >= 15 is 0 Å². The molecule has 0 saturated heterocycles. The van der Waals surface area contributed by atoms with Gasteiger partial charge in [-0.25, -0.2) is 8.42 Å². The Morgan fingerprint density at radius 2 is 1.59 bits per heavy atom. The highest BCUT2D eigenvalue weighted by molar-refractivity contribution is 7.92. The Morgan fingerprint density at radius 1 is 0.946 bits per heavy atom. The first-order valence-corrected chi connectivity index (χ1v) is 15.1. The third-order valence-corrected chi connectivity index (χ3v) is 7.54. The highest BCUT2D eigenvalue weighted by atomic mass is 32.2. The van der Waals surface area contributed by atoms with Crippen LogP contribution in [0.5, 0.6) is 0 Å². The second-order valence-electron chi connectivity index (χ2n) is 9.68. The van der Waals surface area contributed by atoms with Crippen molar-refractivity contribution in [2.45, 2.75) is 72.3 Å². The van der Waals surface area contributed by atoms with E-state index in [1.807, 2.05) is 69.3 Å². The number of amides is 2. The van der Waals surface area contributed by atoms with Crippen LogP contribution in [0, 0.1) is 13.8 Å². The van der Waals surface area contributed by atoms with Crippen LogP contribution in [0.3, 0.4) is 0 Å². The summed E-state index contributed by atoms with van der Waals surface area (Å²) >= 11 is 0. The number of anilines is 1. The standard InChI is InChI=1S/C29H43N3O4S/c1-6-8-17-30-29(34)27(7-2)31(19-16-25-13-10-9-11-14-25)28(33)15-12-18-32(37(5,35)36)26-21-23(3)20-24(4)22-26/h9-11,13-14,20-22,27H,6-8,12,15-19H2,1-5H3,(H,30,34). The number of hydrogen-bond acceptors (Lipinski definition) is 4. The molecular weight excluding hydrogens is 486 g/mol. The van der Waals surface area contributed by atoms with Crippen LogP contribution in [0.25, 0.3) is 0 Å². The number of rotatable bonds is 15. The smallest absolute Gasteiger partial charge is 0.242 e.